The lowest BCUT2D eigenvalue weighted by atomic mass is 9.94. The Morgan fingerprint density at radius 2 is 2.13 bits per heavy atom. The van der Waals surface area contributed by atoms with Crippen LogP contribution in [0, 0.1) is 0 Å². The number of carbonyl (C=O) groups excluding carboxylic acids is 1. The Morgan fingerprint density at radius 1 is 1.30 bits per heavy atom. The summed E-state index contributed by atoms with van der Waals surface area (Å²) in [7, 11) is -2.66. The predicted octanol–water partition coefficient (Wildman–Crippen LogP) is 3.01. The molecule has 0 aliphatic carbocycles. The van der Waals surface area contributed by atoms with Gasteiger partial charge in [0.1, 0.15) is 21.1 Å². The van der Waals surface area contributed by atoms with Crippen molar-refractivity contribution >= 4 is 39.1 Å². The lowest BCUT2D eigenvalue weighted by molar-refractivity contribution is 0.102. The van der Waals surface area contributed by atoms with Gasteiger partial charge in [0.15, 0.2) is 0 Å². The van der Waals surface area contributed by atoms with E-state index in [1.165, 1.54) is 6.20 Å². The highest BCUT2D eigenvalue weighted by Crippen LogP contribution is 2.35. The van der Waals surface area contributed by atoms with Crippen LogP contribution in [0.25, 0.3) is 0 Å². The number of hydrogen-bond donors (Lipinski definition) is 2. The smallest absolute Gasteiger partial charge is 0.274 e. The number of carbonyl (C=O) groups is 1. The third-order valence-corrected chi connectivity index (χ3v) is 8.00. The summed E-state index contributed by atoms with van der Waals surface area (Å²) in [6.07, 6.45) is 3.19. The minimum Gasteiger partial charge on any atom is -0.369 e. The van der Waals surface area contributed by atoms with E-state index in [1.807, 2.05) is 25.1 Å². The van der Waals surface area contributed by atoms with Crippen molar-refractivity contribution in [2.45, 2.75) is 25.3 Å². The molecule has 3 N–H and O–H groups in total. The van der Waals surface area contributed by atoms with Crippen LogP contribution in [0.15, 0.2) is 52.0 Å². The van der Waals surface area contributed by atoms with E-state index in [4.69, 9.17) is 17.3 Å². The van der Waals surface area contributed by atoms with Gasteiger partial charge in [0.2, 0.25) is 5.96 Å². The zero-order valence-electron chi connectivity index (χ0n) is 16.5. The predicted molar refractivity (Wildman–Crippen MR) is 119 cm³/mol. The summed E-state index contributed by atoms with van der Waals surface area (Å²) in [5.74, 6) is 0.146. The molecule has 30 heavy (non-hydrogen) atoms. The first-order valence-electron chi connectivity index (χ1n) is 9.66. The topological polar surface area (TPSA) is 113 Å². The Labute approximate surface area is 180 Å². The number of hydrogen-bond acceptors (Lipinski definition) is 6. The van der Waals surface area contributed by atoms with Gasteiger partial charge in [-0.2, -0.15) is 0 Å². The fourth-order valence-corrected chi connectivity index (χ4v) is 6.29. The lowest BCUT2D eigenvalue weighted by Crippen LogP contribution is -2.52. The molecule has 158 valence electrons. The van der Waals surface area contributed by atoms with Crippen molar-refractivity contribution in [2.75, 3.05) is 24.2 Å². The second kappa shape index (κ2) is 7.88. The summed E-state index contributed by atoms with van der Waals surface area (Å²) >= 11 is 5.83. The van der Waals surface area contributed by atoms with Crippen molar-refractivity contribution in [1.82, 2.24) is 9.29 Å². The maximum Gasteiger partial charge on any atom is 0.274 e. The Morgan fingerprint density at radius 3 is 2.90 bits per heavy atom. The Balaban J connectivity index is 1.64. The van der Waals surface area contributed by atoms with Gasteiger partial charge in [-0.25, -0.2) is 18.5 Å². The molecule has 0 saturated heterocycles. The van der Waals surface area contributed by atoms with Gasteiger partial charge in [0, 0.05) is 18.4 Å². The summed E-state index contributed by atoms with van der Waals surface area (Å²) in [6.45, 7) is 3.05. The number of pyridine rings is 1. The normalized spacial score (nSPS) is 26.1. The molecule has 2 aliphatic heterocycles. The lowest BCUT2D eigenvalue weighted by Gasteiger charge is -2.38. The van der Waals surface area contributed by atoms with Crippen LogP contribution in [0.2, 0.25) is 5.02 Å². The molecule has 2 aliphatic rings. The van der Waals surface area contributed by atoms with Gasteiger partial charge < -0.3 is 11.1 Å². The summed E-state index contributed by atoms with van der Waals surface area (Å²) in [6, 6.07) is 10.5. The number of aliphatic imine (C=N–C) groups is 1. The van der Waals surface area contributed by atoms with E-state index in [1.54, 1.807) is 22.5 Å². The quantitative estimate of drug-likeness (QED) is 0.754. The third-order valence-electron chi connectivity index (χ3n) is 5.19. The van der Waals surface area contributed by atoms with E-state index in [0.717, 1.165) is 18.4 Å². The average molecular weight is 447 g/mol. The molecule has 4 rings (SSSR count). The van der Waals surface area contributed by atoms with Crippen molar-refractivity contribution in [1.29, 1.82) is 0 Å². The number of nitrogens with two attached hydrogens (primary N) is 1. The van der Waals surface area contributed by atoms with Crippen molar-refractivity contribution in [2.24, 2.45) is 15.1 Å². The highest BCUT2D eigenvalue weighted by atomic mass is 35.5. The van der Waals surface area contributed by atoms with Crippen LogP contribution >= 0.6 is 11.6 Å². The maximum atomic E-state index is 13.6. The van der Waals surface area contributed by atoms with Crippen molar-refractivity contribution in [3.05, 3.63) is 58.9 Å². The number of guanidine groups is 1. The molecule has 2 aromatic rings. The molecule has 1 amide bonds. The monoisotopic (exact) mass is 446 g/mol. The molecule has 3 heterocycles. The number of anilines is 1. The number of benzene rings is 1. The number of fused-ring (bicyclic) bond motifs is 1. The van der Waals surface area contributed by atoms with Crippen molar-refractivity contribution in [3.63, 3.8) is 0 Å². The standard InChI is InChI=1S/C20H23ClN6O2S/c1-20(13-30(29)24-9-2-3-10-27(30)19(22)26-20)14-5-4-6-16(11-14)25-18(28)17-8-7-15(21)12-23-17/h4-8,11-12H,2-3,9-10,13H2,1H3,(H2,22,26)(H,25,28)/t20-,30?/m0/s1. The Hall–Kier alpha value is -2.65. The van der Waals surface area contributed by atoms with Gasteiger partial charge in [0.05, 0.1) is 17.3 Å². The van der Waals surface area contributed by atoms with Gasteiger partial charge in [-0.3, -0.25) is 9.10 Å². The average Bonchev–Trinajstić information content (AvgIpc) is 2.90. The Bertz CT molecular complexity index is 1130. The largest absolute Gasteiger partial charge is 0.369 e. The Kier molecular flexibility index (Phi) is 5.42. The van der Waals surface area contributed by atoms with Gasteiger partial charge in [-0.15, -0.1) is 0 Å². The first kappa shape index (κ1) is 20.6. The molecule has 0 saturated carbocycles. The van der Waals surface area contributed by atoms with Crippen LogP contribution in [0.1, 0.15) is 35.8 Å². The molecule has 1 unspecified atom stereocenters. The van der Waals surface area contributed by atoms with E-state index in [-0.39, 0.29) is 23.3 Å². The molecule has 8 nitrogen and oxygen atoms in total. The van der Waals surface area contributed by atoms with Crippen molar-refractivity contribution < 1.29 is 9.00 Å². The molecule has 0 fully saturated rings. The molecular weight excluding hydrogens is 424 g/mol. The molecule has 0 bridgehead atoms. The molecule has 0 spiro atoms. The SMILES string of the molecule is C[C@@]1(c2cccc(NC(=O)c3ccc(Cl)cn3)c2)CS2(=O)=NCCCCN2C(N)=N1. The molecule has 2 atom stereocenters. The molecule has 10 heteroatoms. The van der Waals surface area contributed by atoms with E-state index in [2.05, 4.69) is 19.7 Å². The van der Waals surface area contributed by atoms with Gasteiger partial charge in [-0.05, 0) is 49.6 Å². The van der Waals surface area contributed by atoms with Crippen LogP contribution < -0.4 is 11.1 Å². The zero-order chi connectivity index (χ0) is 21.4. The molecular formula is C20H23ClN6O2S. The van der Waals surface area contributed by atoms with Gasteiger partial charge in [-0.1, -0.05) is 23.7 Å². The number of nitrogens with one attached hydrogen (secondary N) is 1. The summed E-state index contributed by atoms with van der Waals surface area (Å²) in [5.41, 5.74) is 7.04. The van der Waals surface area contributed by atoms with Gasteiger partial charge >= 0.3 is 0 Å². The number of aromatic nitrogens is 1. The minimum absolute atomic E-state index is 0.247. The van der Waals surface area contributed by atoms with Crippen LogP contribution in [0.4, 0.5) is 5.69 Å². The van der Waals surface area contributed by atoms with Crippen LogP contribution in [-0.4, -0.2) is 44.2 Å². The number of halogens is 1. The number of rotatable bonds is 3. The van der Waals surface area contributed by atoms with Crippen LogP contribution in [-0.2, 0) is 15.5 Å². The fraction of sp³-hybridized carbons (Fsp3) is 0.350. The highest BCUT2D eigenvalue weighted by Gasteiger charge is 2.40. The summed E-state index contributed by atoms with van der Waals surface area (Å²) in [4.78, 5) is 21.2. The fourth-order valence-electron chi connectivity index (χ4n) is 3.66. The zero-order valence-corrected chi connectivity index (χ0v) is 18.1. The van der Waals surface area contributed by atoms with Crippen LogP contribution in [0.3, 0.4) is 0 Å². The first-order chi connectivity index (χ1) is 14.3. The molecule has 1 aromatic carbocycles. The van der Waals surface area contributed by atoms with E-state index in [0.29, 0.717) is 23.8 Å². The van der Waals surface area contributed by atoms with Crippen LogP contribution in [0.5, 0.6) is 0 Å². The van der Waals surface area contributed by atoms with E-state index >= 15 is 0 Å². The number of amides is 1. The van der Waals surface area contributed by atoms with E-state index < -0.39 is 15.5 Å². The first-order valence-corrected chi connectivity index (χ1v) is 11.7. The van der Waals surface area contributed by atoms with Gasteiger partial charge in [0.25, 0.3) is 5.91 Å². The van der Waals surface area contributed by atoms with E-state index in [9.17, 15) is 9.00 Å². The second-order valence-corrected chi connectivity index (χ2v) is 10.2. The highest BCUT2D eigenvalue weighted by molar-refractivity contribution is 7.92. The number of nitrogens with zero attached hydrogens (tertiary/aromatic N) is 4. The molecule has 0 radical (unpaired) electrons. The second-order valence-electron chi connectivity index (χ2n) is 7.55. The summed E-state index contributed by atoms with van der Waals surface area (Å²) in [5, 5.41) is 3.29. The summed E-state index contributed by atoms with van der Waals surface area (Å²) < 4.78 is 19.7. The maximum absolute atomic E-state index is 13.6. The minimum atomic E-state index is -2.66. The molecule has 1 aromatic heterocycles. The van der Waals surface area contributed by atoms with Crippen molar-refractivity contribution in [3.8, 4) is 0 Å². The third kappa shape index (κ3) is 3.99.